The summed E-state index contributed by atoms with van der Waals surface area (Å²) in [5.74, 6) is 0.934. The van der Waals surface area contributed by atoms with Gasteiger partial charge in [0.15, 0.2) is 0 Å². The second-order valence-electron chi connectivity index (χ2n) is 9.92. The molecule has 0 saturated carbocycles. The van der Waals surface area contributed by atoms with Crippen LogP contribution < -0.4 is 16.0 Å². The largest absolute Gasteiger partial charge is 0.336 e. The van der Waals surface area contributed by atoms with Crippen LogP contribution in [-0.4, -0.2) is 60.5 Å². The van der Waals surface area contributed by atoms with Gasteiger partial charge in [0.2, 0.25) is 5.91 Å². The normalized spacial score (nSPS) is 20.9. The van der Waals surface area contributed by atoms with Crippen molar-refractivity contribution in [1.29, 1.82) is 0 Å². The quantitative estimate of drug-likeness (QED) is 0.451. The fourth-order valence-electron chi connectivity index (χ4n) is 5.30. The number of nitrogens with zero attached hydrogens (tertiary/aromatic N) is 2. The molecule has 3 saturated heterocycles. The molecule has 188 valence electrons. The summed E-state index contributed by atoms with van der Waals surface area (Å²) in [6.45, 7) is 4.44. The van der Waals surface area contributed by atoms with Gasteiger partial charge in [-0.1, -0.05) is 24.3 Å². The molecule has 2 amide bonds. The zero-order chi connectivity index (χ0) is 24.5. The molecular formula is C27H31N5O2S2. The Morgan fingerprint density at radius 1 is 1.00 bits per heavy atom. The number of likely N-dealkylation sites (tertiary alicyclic amines) is 1. The van der Waals surface area contributed by atoms with Gasteiger partial charge in [0, 0.05) is 25.2 Å². The fourth-order valence-corrected chi connectivity index (χ4v) is 7.18. The molecule has 3 fully saturated rings. The summed E-state index contributed by atoms with van der Waals surface area (Å²) in [6, 6.07) is 12.4. The molecule has 7 nitrogen and oxygen atoms in total. The third-order valence-corrected chi connectivity index (χ3v) is 9.66. The van der Waals surface area contributed by atoms with Crippen molar-refractivity contribution in [2.75, 3.05) is 38.0 Å². The van der Waals surface area contributed by atoms with Gasteiger partial charge in [-0.2, -0.15) is 0 Å². The number of aromatic nitrogens is 1. The van der Waals surface area contributed by atoms with Gasteiger partial charge in [0.25, 0.3) is 5.91 Å². The van der Waals surface area contributed by atoms with Gasteiger partial charge >= 0.3 is 0 Å². The number of amides is 2. The zero-order valence-electron chi connectivity index (χ0n) is 20.2. The number of piperidine rings is 1. The number of rotatable bonds is 6. The molecule has 0 aliphatic carbocycles. The summed E-state index contributed by atoms with van der Waals surface area (Å²) < 4.78 is 0. The number of benzene rings is 1. The summed E-state index contributed by atoms with van der Waals surface area (Å²) in [5, 5.41) is 11.4. The van der Waals surface area contributed by atoms with Crippen molar-refractivity contribution in [3.63, 3.8) is 0 Å². The standard InChI is InChI=1S/C27H31N5O2S2/c33-25(21-5-2-10-29-21)31-24-7-6-22(35-24)27(34)32-15-20(16-32)26-30-14-23(36-26)19-4-1-3-18(13-19)17-8-11-28-12-9-17/h1,3-4,6-7,13-14,17,20-21,28-29H,2,5,8-12,15-16H2,(H,31,33)/t21-/m0/s1. The molecule has 0 unspecified atom stereocenters. The lowest BCUT2D eigenvalue weighted by Gasteiger charge is -2.37. The van der Waals surface area contributed by atoms with E-state index in [0.29, 0.717) is 23.9 Å². The zero-order valence-corrected chi connectivity index (χ0v) is 21.8. The Balaban J connectivity index is 1.05. The highest BCUT2D eigenvalue weighted by molar-refractivity contribution is 7.18. The first kappa shape index (κ1) is 23.8. The molecule has 0 radical (unpaired) electrons. The van der Waals surface area contributed by atoms with E-state index >= 15 is 0 Å². The van der Waals surface area contributed by atoms with E-state index in [2.05, 4.69) is 40.2 Å². The van der Waals surface area contributed by atoms with Gasteiger partial charge in [0.05, 0.1) is 25.8 Å². The SMILES string of the molecule is O=C(Nc1ccc(C(=O)N2CC(c3ncc(-c4cccc(C5CCNCC5)c4)s3)C2)s1)[C@@H]1CCCN1. The van der Waals surface area contributed by atoms with E-state index in [1.165, 1.54) is 40.2 Å². The van der Waals surface area contributed by atoms with Gasteiger partial charge in [-0.25, -0.2) is 4.98 Å². The second kappa shape index (κ2) is 10.4. The molecule has 1 aromatic carbocycles. The van der Waals surface area contributed by atoms with Crippen LogP contribution in [0, 0.1) is 0 Å². The maximum absolute atomic E-state index is 13.0. The Morgan fingerprint density at radius 2 is 1.86 bits per heavy atom. The topological polar surface area (TPSA) is 86.4 Å². The minimum atomic E-state index is -0.127. The molecular weight excluding hydrogens is 490 g/mol. The van der Waals surface area contributed by atoms with Crippen LogP contribution in [0.25, 0.3) is 10.4 Å². The minimum absolute atomic E-state index is 0.0155. The summed E-state index contributed by atoms with van der Waals surface area (Å²) in [7, 11) is 0. The summed E-state index contributed by atoms with van der Waals surface area (Å²) in [4.78, 5) is 33.7. The molecule has 0 bridgehead atoms. The summed E-state index contributed by atoms with van der Waals surface area (Å²) in [5.41, 5.74) is 2.67. The van der Waals surface area contributed by atoms with Crippen LogP contribution in [0.5, 0.6) is 0 Å². The van der Waals surface area contributed by atoms with Gasteiger partial charge in [-0.05, 0) is 74.5 Å². The number of nitrogens with one attached hydrogen (secondary N) is 3. The lowest BCUT2D eigenvalue weighted by Crippen LogP contribution is -2.48. The van der Waals surface area contributed by atoms with Crippen LogP contribution >= 0.6 is 22.7 Å². The first-order chi connectivity index (χ1) is 17.6. The average molecular weight is 522 g/mol. The molecule has 9 heteroatoms. The van der Waals surface area contributed by atoms with E-state index in [1.54, 1.807) is 11.3 Å². The Morgan fingerprint density at radius 3 is 2.67 bits per heavy atom. The number of carbonyl (C=O) groups is 2. The van der Waals surface area contributed by atoms with E-state index in [-0.39, 0.29) is 23.8 Å². The van der Waals surface area contributed by atoms with Crippen molar-refractivity contribution in [1.82, 2.24) is 20.5 Å². The van der Waals surface area contributed by atoms with Crippen LogP contribution in [0.3, 0.4) is 0 Å². The fraction of sp³-hybridized carbons (Fsp3) is 0.444. The molecule has 5 heterocycles. The van der Waals surface area contributed by atoms with E-state index in [1.807, 2.05) is 23.2 Å². The number of thiazole rings is 1. The summed E-state index contributed by atoms with van der Waals surface area (Å²) in [6.07, 6.45) is 6.26. The molecule has 0 spiro atoms. The highest BCUT2D eigenvalue weighted by Crippen LogP contribution is 2.37. The van der Waals surface area contributed by atoms with Crippen LogP contribution in [0.15, 0.2) is 42.6 Å². The summed E-state index contributed by atoms with van der Waals surface area (Å²) >= 11 is 3.09. The first-order valence-corrected chi connectivity index (χ1v) is 14.5. The molecule has 3 aliphatic heterocycles. The minimum Gasteiger partial charge on any atom is -0.336 e. The van der Waals surface area contributed by atoms with Crippen LogP contribution in [-0.2, 0) is 4.79 Å². The first-order valence-electron chi connectivity index (χ1n) is 12.8. The van der Waals surface area contributed by atoms with Crippen molar-refractivity contribution in [3.05, 3.63) is 58.0 Å². The van der Waals surface area contributed by atoms with Crippen molar-refractivity contribution < 1.29 is 9.59 Å². The Labute approximate surface area is 219 Å². The number of thiophene rings is 1. The number of anilines is 1. The molecule has 3 aromatic rings. The molecule has 3 N–H and O–H groups in total. The van der Waals surface area contributed by atoms with E-state index in [0.717, 1.165) is 42.5 Å². The molecule has 36 heavy (non-hydrogen) atoms. The highest BCUT2D eigenvalue weighted by Gasteiger charge is 2.35. The number of carbonyl (C=O) groups excluding carboxylic acids is 2. The maximum atomic E-state index is 13.0. The van der Waals surface area contributed by atoms with Crippen LogP contribution in [0.2, 0.25) is 0 Å². The number of hydrogen-bond acceptors (Lipinski definition) is 7. The third kappa shape index (κ3) is 4.98. The second-order valence-corrected chi connectivity index (χ2v) is 12.1. The lowest BCUT2D eigenvalue weighted by molar-refractivity contribution is -0.117. The predicted octanol–water partition coefficient (Wildman–Crippen LogP) is 4.27. The smallest absolute Gasteiger partial charge is 0.264 e. The monoisotopic (exact) mass is 521 g/mol. The van der Waals surface area contributed by atoms with Gasteiger partial charge in [-0.3, -0.25) is 9.59 Å². The van der Waals surface area contributed by atoms with E-state index < -0.39 is 0 Å². The van der Waals surface area contributed by atoms with Gasteiger partial charge in [0.1, 0.15) is 0 Å². The average Bonchev–Trinajstić information content (AvgIpc) is 3.66. The third-order valence-electron chi connectivity index (χ3n) is 7.46. The van der Waals surface area contributed by atoms with Crippen molar-refractivity contribution in [2.24, 2.45) is 0 Å². The van der Waals surface area contributed by atoms with E-state index in [9.17, 15) is 9.59 Å². The van der Waals surface area contributed by atoms with E-state index in [4.69, 9.17) is 4.98 Å². The Bertz CT molecular complexity index is 1240. The maximum Gasteiger partial charge on any atom is 0.264 e. The highest BCUT2D eigenvalue weighted by atomic mass is 32.1. The molecule has 3 aliphatic rings. The molecule has 6 rings (SSSR count). The van der Waals surface area contributed by atoms with Crippen molar-refractivity contribution in [2.45, 2.75) is 43.6 Å². The van der Waals surface area contributed by atoms with Crippen molar-refractivity contribution in [3.8, 4) is 10.4 Å². The van der Waals surface area contributed by atoms with Gasteiger partial charge < -0.3 is 20.9 Å². The van der Waals surface area contributed by atoms with Crippen molar-refractivity contribution >= 4 is 39.5 Å². The lowest BCUT2D eigenvalue weighted by atomic mass is 9.89. The molecule has 2 aromatic heterocycles. The number of hydrogen-bond donors (Lipinski definition) is 3. The Hall–Kier alpha value is -2.59. The predicted molar refractivity (Wildman–Crippen MR) is 145 cm³/mol. The van der Waals surface area contributed by atoms with Crippen LogP contribution in [0.4, 0.5) is 5.00 Å². The van der Waals surface area contributed by atoms with Crippen LogP contribution in [0.1, 0.15) is 57.8 Å². The Kier molecular flexibility index (Phi) is 6.88. The molecule has 1 atom stereocenters. The van der Waals surface area contributed by atoms with Gasteiger partial charge in [-0.15, -0.1) is 22.7 Å².